The van der Waals surface area contributed by atoms with Crippen molar-refractivity contribution in [2.24, 2.45) is 0 Å². The summed E-state index contributed by atoms with van der Waals surface area (Å²) in [6, 6.07) is 9.54. The zero-order valence-electron chi connectivity index (χ0n) is 12.1. The molecule has 21 heavy (non-hydrogen) atoms. The fraction of sp³-hybridized carbons (Fsp3) is 0.400. The van der Waals surface area contributed by atoms with Crippen molar-refractivity contribution in [2.45, 2.75) is 19.1 Å². The van der Waals surface area contributed by atoms with Gasteiger partial charge in [0.2, 0.25) is 0 Å². The molecule has 2 unspecified atom stereocenters. The summed E-state index contributed by atoms with van der Waals surface area (Å²) in [4.78, 5) is 12.5. The summed E-state index contributed by atoms with van der Waals surface area (Å²) in [5, 5.41) is 16.7. The first-order valence-electron chi connectivity index (χ1n) is 6.80. The molecule has 2 atom stereocenters. The predicted octanol–water partition coefficient (Wildman–Crippen LogP) is 2.27. The molecule has 1 aromatic heterocycles. The van der Waals surface area contributed by atoms with Crippen molar-refractivity contribution in [2.75, 3.05) is 20.3 Å². The van der Waals surface area contributed by atoms with E-state index >= 15 is 0 Å². The molecule has 0 radical (unpaired) electrons. The third kappa shape index (κ3) is 4.42. The van der Waals surface area contributed by atoms with Crippen molar-refractivity contribution in [1.82, 2.24) is 10.6 Å². The molecule has 6 heteroatoms. The van der Waals surface area contributed by atoms with Gasteiger partial charge in [0, 0.05) is 16.7 Å². The zero-order valence-corrected chi connectivity index (χ0v) is 12.9. The molecule has 1 aromatic carbocycles. The number of hydrogen-bond donors (Lipinski definition) is 3. The van der Waals surface area contributed by atoms with Crippen LogP contribution in [0.2, 0.25) is 0 Å². The van der Waals surface area contributed by atoms with Crippen molar-refractivity contribution >= 4 is 27.5 Å². The first-order chi connectivity index (χ1) is 10.1. The van der Waals surface area contributed by atoms with Crippen molar-refractivity contribution in [1.29, 1.82) is 0 Å². The number of nitrogens with one attached hydrogen (secondary N) is 2. The minimum atomic E-state index is -0.703. The van der Waals surface area contributed by atoms with Gasteiger partial charge in [-0.15, -0.1) is 11.3 Å². The number of aliphatic hydroxyl groups excluding tert-OH is 1. The summed E-state index contributed by atoms with van der Waals surface area (Å²) in [5.74, 6) is 0. The predicted molar refractivity (Wildman–Crippen MR) is 84.7 cm³/mol. The molecule has 0 bridgehead atoms. The highest BCUT2D eigenvalue weighted by atomic mass is 32.1. The number of carbonyl (C=O) groups excluding carboxylic acids is 1. The number of aliphatic hydroxyl groups is 1. The number of fused-ring (bicyclic) bond motifs is 1. The molecular weight excluding hydrogens is 288 g/mol. The Morgan fingerprint density at radius 3 is 2.90 bits per heavy atom. The van der Waals surface area contributed by atoms with E-state index in [2.05, 4.69) is 10.6 Å². The molecule has 0 aliphatic rings. The van der Waals surface area contributed by atoms with Gasteiger partial charge in [-0.05, 0) is 24.4 Å². The van der Waals surface area contributed by atoms with Crippen LogP contribution in [-0.4, -0.2) is 37.4 Å². The van der Waals surface area contributed by atoms with Gasteiger partial charge in [-0.1, -0.05) is 18.2 Å². The van der Waals surface area contributed by atoms with Crippen LogP contribution in [0.4, 0.5) is 4.79 Å². The van der Waals surface area contributed by atoms with Crippen LogP contribution in [0.25, 0.3) is 10.1 Å². The van der Waals surface area contributed by atoms with E-state index in [9.17, 15) is 9.90 Å². The van der Waals surface area contributed by atoms with Gasteiger partial charge in [-0.25, -0.2) is 4.79 Å². The van der Waals surface area contributed by atoms with Gasteiger partial charge in [-0.3, -0.25) is 0 Å². The summed E-state index contributed by atoms with van der Waals surface area (Å²) in [6.45, 7) is 2.48. The Labute approximate surface area is 127 Å². The summed E-state index contributed by atoms with van der Waals surface area (Å²) in [7, 11) is 1.58. The highest BCUT2D eigenvalue weighted by Crippen LogP contribution is 2.29. The minimum Gasteiger partial charge on any atom is -0.386 e. The van der Waals surface area contributed by atoms with Crippen LogP contribution in [-0.2, 0) is 4.74 Å². The maximum atomic E-state index is 11.7. The fourth-order valence-corrected chi connectivity index (χ4v) is 3.07. The van der Waals surface area contributed by atoms with Gasteiger partial charge in [0.15, 0.2) is 0 Å². The van der Waals surface area contributed by atoms with Gasteiger partial charge in [0.05, 0.1) is 19.2 Å². The van der Waals surface area contributed by atoms with Crippen molar-refractivity contribution in [3.63, 3.8) is 0 Å². The number of ether oxygens (including phenoxy) is 1. The van der Waals surface area contributed by atoms with Crippen molar-refractivity contribution in [3.05, 3.63) is 35.2 Å². The maximum absolute atomic E-state index is 11.7. The molecular formula is C15H20N2O3S. The molecule has 0 aliphatic carbocycles. The molecule has 5 nitrogen and oxygen atoms in total. The number of amides is 2. The van der Waals surface area contributed by atoms with E-state index in [0.717, 1.165) is 15.0 Å². The molecule has 0 aliphatic heterocycles. The van der Waals surface area contributed by atoms with Crippen molar-refractivity contribution in [3.8, 4) is 0 Å². The third-order valence-electron chi connectivity index (χ3n) is 3.02. The van der Waals surface area contributed by atoms with E-state index < -0.39 is 6.10 Å². The van der Waals surface area contributed by atoms with Gasteiger partial charge >= 0.3 is 6.03 Å². The number of urea groups is 1. The van der Waals surface area contributed by atoms with E-state index in [1.165, 1.54) is 11.3 Å². The van der Waals surface area contributed by atoms with E-state index in [-0.39, 0.29) is 18.6 Å². The van der Waals surface area contributed by atoms with Crippen molar-refractivity contribution < 1.29 is 14.6 Å². The molecule has 2 aromatic rings. The molecule has 3 N–H and O–H groups in total. The Kier molecular flexibility index (Phi) is 5.55. The Bertz CT molecular complexity index is 566. The van der Waals surface area contributed by atoms with Gasteiger partial charge in [0.1, 0.15) is 6.10 Å². The molecule has 0 saturated heterocycles. The molecule has 0 fully saturated rings. The smallest absolute Gasteiger partial charge is 0.315 e. The lowest BCUT2D eigenvalue weighted by molar-refractivity contribution is 0.163. The van der Waals surface area contributed by atoms with E-state index in [4.69, 9.17) is 4.74 Å². The first kappa shape index (κ1) is 15.8. The van der Waals surface area contributed by atoms with E-state index in [0.29, 0.717) is 6.61 Å². The standard InChI is InChI=1S/C15H20N2O3S/c1-10(9-20-2)17-15(19)16-8-12(18)14-7-11-5-3-4-6-13(11)21-14/h3-7,10,12,18H,8-9H2,1-2H3,(H2,16,17,19). The van der Waals surface area contributed by atoms with Gasteiger partial charge in [0.25, 0.3) is 0 Å². The Balaban J connectivity index is 1.86. The quantitative estimate of drug-likeness (QED) is 0.766. The number of carbonyl (C=O) groups is 1. The fourth-order valence-electron chi connectivity index (χ4n) is 2.02. The lowest BCUT2D eigenvalue weighted by atomic mass is 10.2. The second-order valence-corrected chi connectivity index (χ2v) is 6.03. The monoisotopic (exact) mass is 308 g/mol. The Hall–Kier alpha value is -1.63. The lowest BCUT2D eigenvalue weighted by Crippen LogP contribution is -2.43. The summed E-state index contributed by atoms with van der Waals surface area (Å²) in [5.41, 5.74) is 0. The number of hydrogen-bond acceptors (Lipinski definition) is 4. The van der Waals surface area contributed by atoms with Crippen LogP contribution in [0.3, 0.4) is 0 Å². The minimum absolute atomic E-state index is 0.0727. The number of methoxy groups -OCH3 is 1. The highest BCUT2D eigenvalue weighted by molar-refractivity contribution is 7.19. The zero-order chi connectivity index (χ0) is 15.2. The molecule has 0 saturated carbocycles. The average molecular weight is 308 g/mol. The maximum Gasteiger partial charge on any atom is 0.315 e. The summed E-state index contributed by atoms with van der Waals surface area (Å²) >= 11 is 1.54. The third-order valence-corrected chi connectivity index (χ3v) is 4.24. The van der Waals surface area contributed by atoms with Crippen LogP contribution in [0.1, 0.15) is 17.9 Å². The Morgan fingerprint density at radius 2 is 2.19 bits per heavy atom. The lowest BCUT2D eigenvalue weighted by Gasteiger charge is -2.15. The second-order valence-electron chi connectivity index (χ2n) is 4.91. The molecule has 114 valence electrons. The van der Waals surface area contributed by atoms with Crippen LogP contribution in [0, 0.1) is 0 Å². The van der Waals surface area contributed by atoms with Crippen LogP contribution in [0.5, 0.6) is 0 Å². The highest BCUT2D eigenvalue weighted by Gasteiger charge is 2.13. The van der Waals surface area contributed by atoms with Gasteiger partial charge < -0.3 is 20.5 Å². The van der Waals surface area contributed by atoms with Crippen LogP contribution < -0.4 is 10.6 Å². The first-order valence-corrected chi connectivity index (χ1v) is 7.61. The van der Waals surface area contributed by atoms with E-state index in [1.54, 1.807) is 7.11 Å². The normalized spacial score (nSPS) is 13.9. The number of benzene rings is 1. The Morgan fingerprint density at radius 1 is 1.43 bits per heavy atom. The van der Waals surface area contributed by atoms with Crippen LogP contribution in [0.15, 0.2) is 30.3 Å². The topological polar surface area (TPSA) is 70.6 Å². The molecule has 2 amide bonds. The number of rotatable bonds is 6. The molecule has 2 rings (SSSR count). The second kappa shape index (κ2) is 7.40. The summed E-state index contributed by atoms with van der Waals surface area (Å²) < 4.78 is 6.07. The average Bonchev–Trinajstić information content (AvgIpc) is 2.89. The van der Waals surface area contributed by atoms with E-state index in [1.807, 2.05) is 37.3 Å². The number of thiophene rings is 1. The van der Waals surface area contributed by atoms with Gasteiger partial charge in [-0.2, -0.15) is 0 Å². The summed E-state index contributed by atoms with van der Waals surface area (Å²) in [6.07, 6.45) is -0.703. The van der Waals surface area contributed by atoms with Crippen LogP contribution >= 0.6 is 11.3 Å². The molecule has 1 heterocycles. The SMILES string of the molecule is COCC(C)NC(=O)NCC(O)c1cc2ccccc2s1. The molecule has 0 spiro atoms. The largest absolute Gasteiger partial charge is 0.386 e.